The second kappa shape index (κ2) is 7.57. The third-order valence-corrected chi connectivity index (χ3v) is 5.32. The first-order chi connectivity index (χ1) is 10.6. The Morgan fingerprint density at radius 3 is 2.00 bits per heavy atom. The van der Waals surface area contributed by atoms with E-state index in [1.807, 2.05) is 6.92 Å². The molecule has 1 rings (SSSR count). The zero-order valence-electron chi connectivity index (χ0n) is 14.2. The van der Waals surface area contributed by atoms with Crippen molar-refractivity contribution >= 4 is 10.0 Å². The molecule has 0 aliphatic carbocycles. The first-order valence-corrected chi connectivity index (χ1v) is 8.74. The van der Waals surface area contributed by atoms with E-state index >= 15 is 0 Å². The van der Waals surface area contributed by atoms with Gasteiger partial charge in [0, 0.05) is 6.54 Å². The van der Waals surface area contributed by atoms with Crippen molar-refractivity contribution in [2.45, 2.75) is 31.7 Å². The molecule has 0 atom stereocenters. The molecule has 3 nitrogen and oxygen atoms in total. The van der Waals surface area contributed by atoms with Crippen LogP contribution in [-0.4, -0.2) is 25.3 Å². The minimum atomic E-state index is -3.71. The maximum absolute atomic E-state index is 13.1. The fourth-order valence-electron chi connectivity index (χ4n) is 2.34. The number of rotatable bonds is 8. The van der Waals surface area contributed by atoms with Gasteiger partial charge in [0.15, 0.2) is 0 Å². The third kappa shape index (κ3) is 4.53. The minimum Gasteiger partial charge on any atom is -0.207 e. The SMILES string of the molecule is C=CC(=C)CN(C(C(=C)C)C(=C)C)S(=O)(=O)c1ccc(C)cc1. The lowest BCUT2D eigenvalue weighted by atomic mass is 10.0. The smallest absolute Gasteiger partial charge is 0.207 e. The monoisotopic (exact) mass is 331 g/mol. The van der Waals surface area contributed by atoms with Crippen LogP contribution in [0.25, 0.3) is 0 Å². The van der Waals surface area contributed by atoms with Gasteiger partial charge in [-0.15, -0.1) is 0 Å². The molecule has 0 spiro atoms. The van der Waals surface area contributed by atoms with Crippen molar-refractivity contribution in [1.29, 1.82) is 0 Å². The van der Waals surface area contributed by atoms with Crippen LogP contribution in [0.4, 0.5) is 0 Å². The Morgan fingerprint density at radius 1 is 1.13 bits per heavy atom. The van der Waals surface area contributed by atoms with Gasteiger partial charge in [-0.2, -0.15) is 4.31 Å². The standard InChI is InChI=1S/C19H25NO2S/c1-8-16(6)13-20(19(14(2)3)15(4)5)23(21,22)18-11-9-17(7)10-12-18/h8-12,19H,1-2,4,6,13H2,3,5,7H3. The van der Waals surface area contributed by atoms with Gasteiger partial charge in [0.1, 0.15) is 0 Å². The van der Waals surface area contributed by atoms with Crippen LogP contribution in [0.3, 0.4) is 0 Å². The summed E-state index contributed by atoms with van der Waals surface area (Å²) in [6, 6.07) is 6.30. The molecule has 1 aromatic carbocycles. The van der Waals surface area contributed by atoms with E-state index in [9.17, 15) is 8.42 Å². The fraction of sp³-hybridized carbons (Fsp3) is 0.263. The molecule has 0 fully saturated rings. The Bertz CT molecular complexity index is 713. The molecule has 1 aromatic rings. The summed E-state index contributed by atoms with van der Waals surface area (Å²) >= 11 is 0. The van der Waals surface area contributed by atoms with Crippen LogP contribution in [0.15, 0.2) is 78.3 Å². The largest absolute Gasteiger partial charge is 0.244 e. The van der Waals surface area contributed by atoms with E-state index in [4.69, 9.17) is 0 Å². The molecule has 4 heteroatoms. The molecule has 0 bridgehead atoms. The molecule has 0 aromatic heterocycles. The molecule has 23 heavy (non-hydrogen) atoms. The molecule has 0 saturated carbocycles. The Morgan fingerprint density at radius 2 is 1.61 bits per heavy atom. The van der Waals surface area contributed by atoms with E-state index in [0.29, 0.717) is 16.7 Å². The topological polar surface area (TPSA) is 37.4 Å². The predicted molar refractivity (Wildman–Crippen MR) is 97.8 cm³/mol. The van der Waals surface area contributed by atoms with E-state index in [0.717, 1.165) is 5.56 Å². The molecule has 0 saturated heterocycles. The van der Waals surface area contributed by atoms with Crippen molar-refractivity contribution < 1.29 is 8.42 Å². The first kappa shape index (κ1) is 19.1. The number of hydrogen-bond acceptors (Lipinski definition) is 2. The third-order valence-electron chi connectivity index (χ3n) is 3.50. The molecular weight excluding hydrogens is 306 g/mol. The molecule has 0 amide bonds. The maximum atomic E-state index is 13.1. The highest BCUT2D eigenvalue weighted by Gasteiger charge is 2.32. The lowest BCUT2D eigenvalue weighted by Crippen LogP contribution is -2.42. The van der Waals surface area contributed by atoms with Crippen molar-refractivity contribution in [1.82, 2.24) is 4.31 Å². The van der Waals surface area contributed by atoms with Crippen molar-refractivity contribution in [2.75, 3.05) is 6.54 Å². The summed E-state index contributed by atoms with van der Waals surface area (Å²) in [7, 11) is -3.71. The summed E-state index contributed by atoms with van der Waals surface area (Å²) in [5.41, 5.74) is 3.05. The number of nitrogens with zero attached hydrogens (tertiary/aromatic N) is 1. The molecule has 124 valence electrons. The molecule has 0 aliphatic heterocycles. The normalized spacial score (nSPS) is 11.5. The zero-order chi connectivity index (χ0) is 17.8. The summed E-state index contributed by atoms with van der Waals surface area (Å²) in [6.07, 6.45) is 1.56. The molecule has 0 heterocycles. The second-order valence-corrected chi connectivity index (χ2v) is 7.71. The highest BCUT2D eigenvalue weighted by molar-refractivity contribution is 7.89. The van der Waals surface area contributed by atoms with E-state index in [1.165, 1.54) is 4.31 Å². The van der Waals surface area contributed by atoms with E-state index in [2.05, 4.69) is 26.3 Å². The number of hydrogen-bond donors (Lipinski definition) is 0. The number of benzene rings is 1. The molecule has 0 aliphatic rings. The number of sulfonamides is 1. The summed E-state index contributed by atoms with van der Waals surface area (Å²) < 4.78 is 27.6. The summed E-state index contributed by atoms with van der Waals surface area (Å²) in [5.74, 6) is 0. The lowest BCUT2D eigenvalue weighted by molar-refractivity contribution is 0.405. The van der Waals surface area contributed by atoms with Crippen LogP contribution in [0, 0.1) is 6.92 Å². The van der Waals surface area contributed by atoms with Crippen LogP contribution in [0.2, 0.25) is 0 Å². The van der Waals surface area contributed by atoms with Gasteiger partial charge in [0.05, 0.1) is 10.9 Å². The van der Waals surface area contributed by atoms with Crippen LogP contribution < -0.4 is 0 Å². The number of aryl methyl sites for hydroxylation is 1. The summed E-state index contributed by atoms with van der Waals surface area (Å²) in [6.45, 7) is 21.0. The van der Waals surface area contributed by atoms with Gasteiger partial charge in [-0.3, -0.25) is 0 Å². The zero-order valence-corrected chi connectivity index (χ0v) is 15.0. The van der Waals surface area contributed by atoms with Gasteiger partial charge in [0.25, 0.3) is 0 Å². The Labute approximate surface area is 140 Å². The van der Waals surface area contributed by atoms with Gasteiger partial charge in [-0.25, -0.2) is 8.42 Å². The van der Waals surface area contributed by atoms with Crippen molar-refractivity contribution in [3.8, 4) is 0 Å². The van der Waals surface area contributed by atoms with Gasteiger partial charge >= 0.3 is 0 Å². The quantitative estimate of drug-likeness (QED) is 0.527. The Hall–Kier alpha value is -1.91. The molecule has 0 N–H and O–H groups in total. The average molecular weight is 331 g/mol. The van der Waals surface area contributed by atoms with Crippen molar-refractivity contribution in [2.24, 2.45) is 0 Å². The predicted octanol–water partition coefficient (Wildman–Crippen LogP) is 4.25. The fourth-order valence-corrected chi connectivity index (χ4v) is 4.06. The van der Waals surface area contributed by atoms with E-state index in [-0.39, 0.29) is 11.4 Å². The minimum absolute atomic E-state index is 0.143. The Balaban J connectivity index is 3.45. The maximum Gasteiger partial charge on any atom is 0.244 e. The van der Waals surface area contributed by atoms with Gasteiger partial charge < -0.3 is 0 Å². The van der Waals surface area contributed by atoms with Crippen LogP contribution in [0.1, 0.15) is 19.4 Å². The highest BCUT2D eigenvalue weighted by atomic mass is 32.2. The molecular formula is C19H25NO2S. The van der Waals surface area contributed by atoms with Crippen LogP contribution in [0.5, 0.6) is 0 Å². The highest BCUT2D eigenvalue weighted by Crippen LogP contribution is 2.26. The van der Waals surface area contributed by atoms with Crippen molar-refractivity contribution in [3.63, 3.8) is 0 Å². The van der Waals surface area contributed by atoms with Gasteiger partial charge in [0.2, 0.25) is 10.0 Å². The van der Waals surface area contributed by atoms with Crippen molar-refractivity contribution in [3.05, 3.63) is 78.9 Å². The lowest BCUT2D eigenvalue weighted by Gasteiger charge is -2.32. The average Bonchev–Trinajstić information content (AvgIpc) is 2.45. The first-order valence-electron chi connectivity index (χ1n) is 7.30. The van der Waals surface area contributed by atoms with E-state index in [1.54, 1.807) is 44.2 Å². The van der Waals surface area contributed by atoms with Gasteiger partial charge in [-0.1, -0.05) is 61.2 Å². The summed E-state index contributed by atoms with van der Waals surface area (Å²) in [5, 5.41) is 0. The summed E-state index contributed by atoms with van der Waals surface area (Å²) in [4.78, 5) is 0.243. The van der Waals surface area contributed by atoms with Crippen LogP contribution in [-0.2, 0) is 10.0 Å². The molecule has 0 unspecified atom stereocenters. The van der Waals surface area contributed by atoms with E-state index < -0.39 is 16.1 Å². The van der Waals surface area contributed by atoms with Gasteiger partial charge in [-0.05, 0) is 38.5 Å². The second-order valence-electron chi connectivity index (χ2n) is 5.82. The molecule has 0 radical (unpaired) electrons. The Kier molecular flexibility index (Phi) is 6.30. The van der Waals surface area contributed by atoms with Crippen LogP contribution >= 0.6 is 0 Å².